The van der Waals surface area contributed by atoms with Gasteiger partial charge in [-0.3, -0.25) is 4.79 Å². The maximum absolute atomic E-state index is 11.5. The molecule has 1 aromatic carbocycles. The molecule has 0 radical (unpaired) electrons. The zero-order chi connectivity index (χ0) is 14.2. The van der Waals surface area contributed by atoms with Crippen molar-refractivity contribution in [2.24, 2.45) is 5.92 Å². The SMILES string of the molecule is COc1cc(C)c(C(C(=O)O)C2CC2)cc1C(C)C. The van der Waals surface area contributed by atoms with Crippen LogP contribution in [0.3, 0.4) is 0 Å². The molecule has 1 fully saturated rings. The highest BCUT2D eigenvalue weighted by molar-refractivity contribution is 5.78. The van der Waals surface area contributed by atoms with Gasteiger partial charge in [0.05, 0.1) is 13.0 Å². The zero-order valence-electron chi connectivity index (χ0n) is 12.1. The van der Waals surface area contributed by atoms with E-state index < -0.39 is 5.97 Å². The van der Waals surface area contributed by atoms with E-state index in [9.17, 15) is 9.90 Å². The van der Waals surface area contributed by atoms with Gasteiger partial charge >= 0.3 is 5.97 Å². The Labute approximate surface area is 114 Å². The van der Waals surface area contributed by atoms with Crippen LogP contribution in [0.25, 0.3) is 0 Å². The Kier molecular flexibility index (Phi) is 3.83. The summed E-state index contributed by atoms with van der Waals surface area (Å²) in [6.45, 7) is 6.17. The third kappa shape index (κ3) is 2.75. The van der Waals surface area contributed by atoms with Gasteiger partial charge in [-0.1, -0.05) is 19.9 Å². The quantitative estimate of drug-likeness (QED) is 0.880. The number of aryl methyl sites for hydroxylation is 1. The molecule has 1 N–H and O–H groups in total. The molecule has 3 nitrogen and oxygen atoms in total. The van der Waals surface area contributed by atoms with E-state index in [-0.39, 0.29) is 5.92 Å². The Bertz CT molecular complexity index is 487. The number of rotatable bonds is 5. The minimum atomic E-state index is -0.703. The second-order valence-corrected chi connectivity index (χ2v) is 5.76. The van der Waals surface area contributed by atoms with Crippen molar-refractivity contribution in [3.63, 3.8) is 0 Å². The number of carboxylic acid groups (broad SMARTS) is 1. The number of benzene rings is 1. The monoisotopic (exact) mass is 262 g/mol. The third-order valence-corrected chi connectivity index (χ3v) is 3.93. The molecule has 1 aromatic rings. The topological polar surface area (TPSA) is 46.5 Å². The number of carbonyl (C=O) groups is 1. The van der Waals surface area contributed by atoms with E-state index >= 15 is 0 Å². The first kappa shape index (κ1) is 13.9. The maximum atomic E-state index is 11.5. The highest BCUT2D eigenvalue weighted by atomic mass is 16.5. The predicted molar refractivity (Wildman–Crippen MR) is 74.9 cm³/mol. The molecule has 3 heteroatoms. The van der Waals surface area contributed by atoms with Crippen LogP contribution in [0.15, 0.2) is 12.1 Å². The summed E-state index contributed by atoms with van der Waals surface area (Å²) >= 11 is 0. The molecule has 2 rings (SSSR count). The van der Waals surface area contributed by atoms with Gasteiger partial charge in [0.1, 0.15) is 5.75 Å². The van der Waals surface area contributed by atoms with Gasteiger partial charge in [0, 0.05) is 0 Å². The number of carboxylic acids is 1. The molecule has 0 spiro atoms. The molecule has 104 valence electrons. The summed E-state index contributed by atoms with van der Waals surface area (Å²) in [7, 11) is 1.66. The van der Waals surface area contributed by atoms with E-state index in [2.05, 4.69) is 13.8 Å². The zero-order valence-corrected chi connectivity index (χ0v) is 12.1. The van der Waals surface area contributed by atoms with Crippen LogP contribution in [0, 0.1) is 12.8 Å². The normalized spacial score (nSPS) is 16.5. The number of aliphatic carboxylic acids is 1. The van der Waals surface area contributed by atoms with Crippen LogP contribution in [-0.4, -0.2) is 18.2 Å². The summed E-state index contributed by atoms with van der Waals surface area (Å²) in [4.78, 5) is 11.5. The van der Waals surface area contributed by atoms with Gasteiger partial charge in [0.25, 0.3) is 0 Å². The van der Waals surface area contributed by atoms with Gasteiger partial charge in [0.2, 0.25) is 0 Å². The number of hydrogen-bond acceptors (Lipinski definition) is 2. The van der Waals surface area contributed by atoms with Gasteiger partial charge in [-0.05, 0) is 54.4 Å². The van der Waals surface area contributed by atoms with Gasteiger partial charge in [-0.15, -0.1) is 0 Å². The molecule has 0 aromatic heterocycles. The average molecular weight is 262 g/mol. The molecule has 19 heavy (non-hydrogen) atoms. The van der Waals surface area contributed by atoms with Crippen molar-refractivity contribution in [3.05, 3.63) is 28.8 Å². The fourth-order valence-corrected chi connectivity index (χ4v) is 2.70. The molecule has 0 heterocycles. The van der Waals surface area contributed by atoms with Crippen LogP contribution >= 0.6 is 0 Å². The lowest BCUT2D eigenvalue weighted by Gasteiger charge is -2.20. The summed E-state index contributed by atoms with van der Waals surface area (Å²) in [5.41, 5.74) is 3.06. The summed E-state index contributed by atoms with van der Waals surface area (Å²) in [5, 5.41) is 9.49. The Hall–Kier alpha value is -1.51. The molecule has 0 bridgehead atoms. The second kappa shape index (κ2) is 5.24. The largest absolute Gasteiger partial charge is 0.496 e. The summed E-state index contributed by atoms with van der Waals surface area (Å²) in [5.74, 6) is 0.428. The van der Waals surface area contributed by atoms with Crippen molar-refractivity contribution in [2.75, 3.05) is 7.11 Å². The molecule has 0 aliphatic heterocycles. The van der Waals surface area contributed by atoms with Crippen molar-refractivity contribution in [2.45, 2.75) is 45.4 Å². The van der Waals surface area contributed by atoms with Crippen molar-refractivity contribution in [1.82, 2.24) is 0 Å². The van der Waals surface area contributed by atoms with E-state index in [1.807, 2.05) is 19.1 Å². The molecule has 1 atom stereocenters. The molecular weight excluding hydrogens is 240 g/mol. The Balaban J connectivity index is 2.50. The molecular formula is C16H22O3. The summed E-state index contributed by atoms with van der Waals surface area (Å²) < 4.78 is 5.41. The van der Waals surface area contributed by atoms with Crippen molar-refractivity contribution in [3.8, 4) is 5.75 Å². The molecule has 1 saturated carbocycles. The molecule has 0 saturated heterocycles. The average Bonchev–Trinajstić information content (AvgIpc) is 3.14. The first-order valence-corrected chi connectivity index (χ1v) is 6.87. The molecule has 1 aliphatic carbocycles. The van der Waals surface area contributed by atoms with Crippen LogP contribution < -0.4 is 4.74 Å². The highest BCUT2D eigenvalue weighted by Crippen LogP contribution is 2.45. The minimum Gasteiger partial charge on any atom is -0.496 e. The maximum Gasteiger partial charge on any atom is 0.311 e. The van der Waals surface area contributed by atoms with Gasteiger partial charge in [-0.2, -0.15) is 0 Å². The smallest absolute Gasteiger partial charge is 0.311 e. The number of ether oxygens (including phenoxy) is 1. The van der Waals surface area contributed by atoms with Crippen LogP contribution in [0.5, 0.6) is 5.75 Å². The van der Waals surface area contributed by atoms with E-state index in [0.717, 1.165) is 35.3 Å². The molecule has 1 aliphatic rings. The lowest BCUT2D eigenvalue weighted by Crippen LogP contribution is -2.15. The van der Waals surface area contributed by atoms with Gasteiger partial charge < -0.3 is 9.84 Å². The van der Waals surface area contributed by atoms with Gasteiger partial charge in [-0.25, -0.2) is 0 Å². The predicted octanol–water partition coefficient (Wildman–Crippen LogP) is 3.71. The Morgan fingerprint density at radius 1 is 1.32 bits per heavy atom. The Morgan fingerprint density at radius 2 is 1.95 bits per heavy atom. The van der Waals surface area contributed by atoms with E-state index in [1.54, 1.807) is 7.11 Å². The van der Waals surface area contributed by atoms with Crippen molar-refractivity contribution in [1.29, 1.82) is 0 Å². The van der Waals surface area contributed by atoms with E-state index in [0.29, 0.717) is 11.8 Å². The van der Waals surface area contributed by atoms with Gasteiger partial charge in [0.15, 0.2) is 0 Å². The number of methoxy groups -OCH3 is 1. The summed E-state index contributed by atoms with van der Waals surface area (Å²) in [6, 6.07) is 4.01. The highest BCUT2D eigenvalue weighted by Gasteiger charge is 2.38. The third-order valence-electron chi connectivity index (χ3n) is 3.93. The van der Waals surface area contributed by atoms with Crippen molar-refractivity contribution >= 4 is 5.97 Å². The van der Waals surface area contributed by atoms with Crippen LogP contribution in [0.4, 0.5) is 0 Å². The standard InChI is InChI=1S/C16H22O3/c1-9(2)12-8-13(10(3)7-14(12)19-4)15(16(17)18)11-5-6-11/h7-9,11,15H,5-6H2,1-4H3,(H,17,18). The van der Waals surface area contributed by atoms with E-state index in [4.69, 9.17) is 4.74 Å². The van der Waals surface area contributed by atoms with E-state index in [1.165, 1.54) is 0 Å². The molecule has 1 unspecified atom stereocenters. The first-order valence-electron chi connectivity index (χ1n) is 6.87. The fraction of sp³-hybridized carbons (Fsp3) is 0.562. The number of hydrogen-bond donors (Lipinski definition) is 1. The van der Waals surface area contributed by atoms with Crippen LogP contribution in [0.1, 0.15) is 55.2 Å². The fourth-order valence-electron chi connectivity index (χ4n) is 2.70. The minimum absolute atomic E-state index is 0.310. The summed E-state index contributed by atoms with van der Waals surface area (Å²) in [6.07, 6.45) is 2.05. The lowest BCUT2D eigenvalue weighted by molar-refractivity contribution is -0.139. The molecule has 0 amide bonds. The van der Waals surface area contributed by atoms with Crippen LogP contribution in [-0.2, 0) is 4.79 Å². The first-order chi connectivity index (χ1) is 8.95. The second-order valence-electron chi connectivity index (χ2n) is 5.76. The van der Waals surface area contributed by atoms with Crippen LogP contribution in [0.2, 0.25) is 0 Å². The Morgan fingerprint density at radius 3 is 2.37 bits per heavy atom. The lowest BCUT2D eigenvalue weighted by atomic mass is 9.87. The van der Waals surface area contributed by atoms with Crippen molar-refractivity contribution < 1.29 is 14.6 Å².